The van der Waals surface area contributed by atoms with Gasteiger partial charge in [0.2, 0.25) is 11.8 Å². The molecule has 0 spiro atoms. The second-order valence-corrected chi connectivity index (χ2v) is 11.2. The van der Waals surface area contributed by atoms with E-state index in [2.05, 4.69) is 20.7 Å². The van der Waals surface area contributed by atoms with Gasteiger partial charge < -0.3 is 20.4 Å². The predicted octanol–water partition coefficient (Wildman–Crippen LogP) is 1.91. The first-order valence-corrected chi connectivity index (χ1v) is 14.2. The van der Waals surface area contributed by atoms with E-state index in [-0.39, 0.29) is 47.8 Å². The monoisotopic (exact) mass is 547 g/mol. The normalized spacial score (nSPS) is 19.7. The Bertz CT molecular complexity index is 1450. The molecule has 0 aromatic carbocycles. The quantitative estimate of drug-likeness (QED) is 0.456. The van der Waals surface area contributed by atoms with E-state index < -0.39 is 0 Å². The van der Waals surface area contributed by atoms with Crippen LogP contribution in [0.25, 0.3) is 16.2 Å². The van der Waals surface area contributed by atoms with Crippen molar-refractivity contribution in [2.75, 3.05) is 31.5 Å². The number of hydrogen-bond acceptors (Lipinski definition) is 9. The number of hydrogen-bond donors (Lipinski definition) is 2. The molecule has 12 nitrogen and oxygen atoms in total. The Kier molecular flexibility index (Phi) is 6.86. The van der Waals surface area contributed by atoms with Gasteiger partial charge in [0.05, 0.1) is 17.8 Å². The Hall–Kier alpha value is -4.05. The topological polar surface area (TPSA) is 149 Å². The maximum absolute atomic E-state index is 13.6. The molecule has 2 saturated heterocycles. The number of nitrogens with zero attached hydrogens (tertiary/aromatic N) is 7. The van der Waals surface area contributed by atoms with Crippen LogP contribution < -0.4 is 10.6 Å². The summed E-state index contributed by atoms with van der Waals surface area (Å²) >= 11 is 1.52. The smallest absolute Gasteiger partial charge is 0.272 e. The molecule has 1 aliphatic carbocycles. The molecule has 1 saturated carbocycles. The highest BCUT2D eigenvalue weighted by Gasteiger charge is 2.33. The number of nitrogens with one attached hydrogen (secondary N) is 2. The van der Waals surface area contributed by atoms with Crippen LogP contribution in [0, 0.1) is 17.2 Å². The van der Waals surface area contributed by atoms with Gasteiger partial charge >= 0.3 is 0 Å². The summed E-state index contributed by atoms with van der Waals surface area (Å²) < 4.78 is 1.75. The van der Waals surface area contributed by atoms with Crippen LogP contribution in [0.2, 0.25) is 0 Å². The number of carbonyl (C=O) groups excluding carboxylic acids is 3. The van der Waals surface area contributed by atoms with Gasteiger partial charge in [0.15, 0.2) is 5.82 Å². The Labute approximate surface area is 229 Å². The number of fused-ring (bicyclic) bond motifs is 1. The van der Waals surface area contributed by atoms with E-state index in [1.165, 1.54) is 11.3 Å². The number of anilines is 1. The molecule has 3 amide bonds. The lowest BCUT2D eigenvalue weighted by Gasteiger charge is -2.32. The molecule has 202 valence electrons. The van der Waals surface area contributed by atoms with Gasteiger partial charge in [-0.25, -0.2) is 14.5 Å². The number of rotatable bonds is 7. The van der Waals surface area contributed by atoms with Crippen molar-refractivity contribution in [2.24, 2.45) is 5.92 Å². The molecule has 3 fully saturated rings. The highest BCUT2D eigenvalue weighted by Crippen LogP contribution is 2.30. The van der Waals surface area contributed by atoms with Gasteiger partial charge in [-0.1, -0.05) is 0 Å². The van der Waals surface area contributed by atoms with Crippen LogP contribution in [-0.4, -0.2) is 85.4 Å². The van der Waals surface area contributed by atoms with Gasteiger partial charge in [-0.15, -0.1) is 11.3 Å². The third-order valence-corrected chi connectivity index (χ3v) is 8.41. The fourth-order valence-corrected chi connectivity index (χ4v) is 5.97. The summed E-state index contributed by atoms with van der Waals surface area (Å²) in [7, 11) is 0. The van der Waals surface area contributed by atoms with Crippen LogP contribution in [0.4, 0.5) is 5.82 Å². The SMILES string of the molecule is N#CCC(=O)N1CC[C@H](Nc2cc(C(=O)N3CCC(NC(=O)C4CC4)CC3)nc(-c3cnn4ccsc34)n2)C1. The Balaban J connectivity index is 1.21. The van der Waals surface area contributed by atoms with Crippen molar-refractivity contribution in [1.29, 1.82) is 5.26 Å². The molecule has 5 heterocycles. The first-order chi connectivity index (χ1) is 19.0. The van der Waals surface area contributed by atoms with E-state index in [4.69, 9.17) is 10.2 Å². The number of piperidine rings is 1. The van der Waals surface area contributed by atoms with Crippen molar-refractivity contribution in [3.05, 3.63) is 29.5 Å². The Morgan fingerprint density at radius 2 is 1.82 bits per heavy atom. The minimum absolute atomic E-state index is 0.0573. The average molecular weight is 548 g/mol. The van der Waals surface area contributed by atoms with Crippen LogP contribution in [-0.2, 0) is 9.59 Å². The molecule has 2 aliphatic heterocycles. The summed E-state index contributed by atoms with van der Waals surface area (Å²) in [4.78, 5) is 51.6. The van der Waals surface area contributed by atoms with E-state index in [9.17, 15) is 14.4 Å². The molecule has 3 aromatic heterocycles. The Morgan fingerprint density at radius 1 is 1.05 bits per heavy atom. The zero-order valence-corrected chi connectivity index (χ0v) is 22.2. The molecule has 3 aromatic rings. The molecule has 13 heteroatoms. The fraction of sp³-hybridized carbons (Fsp3) is 0.500. The minimum Gasteiger partial charge on any atom is -0.365 e. The van der Waals surface area contributed by atoms with Crippen molar-refractivity contribution in [1.82, 2.24) is 34.7 Å². The van der Waals surface area contributed by atoms with Crippen molar-refractivity contribution >= 4 is 39.7 Å². The minimum atomic E-state index is -0.183. The van der Waals surface area contributed by atoms with Crippen LogP contribution >= 0.6 is 11.3 Å². The van der Waals surface area contributed by atoms with E-state index in [1.807, 2.05) is 17.6 Å². The molecule has 1 atom stereocenters. The maximum atomic E-state index is 13.6. The van der Waals surface area contributed by atoms with Gasteiger partial charge in [0.1, 0.15) is 22.8 Å². The molecule has 0 bridgehead atoms. The predicted molar refractivity (Wildman–Crippen MR) is 143 cm³/mol. The van der Waals surface area contributed by atoms with Crippen molar-refractivity contribution < 1.29 is 14.4 Å². The van der Waals surface area contributed by atoms with Crippen molar-refractivity contribution in [3.8, 4) is 17.5 Å². The van der Waals surface area contributed by atoms with Gasteiger partial charge in [-0.2, -0.15) is 10.4 Å². The average Bonchev–Trinajstić information content (AvgIpc) is 3.30. The first kappa shape index (κ1) is 25.2. The second-order valence-electron chi connectivity index (χ2n) is 10.3. The maximum Gasteiger partial charge on any atom is 0.272 e. The van der Waals surface area contributed by atoms with Crippen LogP contribution in [0.15, 0.2) is 23.8 Å². The Morgan fingerprint density at radius 3 is 2.59 bits per heavy atom. The fourth-order valence-electron chi connectivity index (χ4n) is 5.18. The first-order valence-electron chi connectivity index (χ1n) is 13.3. The molecule has 0 radical (unpaired) electrons. The molecule has 0 unspecified atom stereocenters. The summed E-state index contributed by atoms with van der Waals surface area (Å²) in [5.41, 5.74) is 1.02. The number of amides is 3. The number of aromatic nitrogens is 4. The van der Waals surface area contributed by atoms with E-state index in [1.54, 1.807) is 26.6 Å². The highest BCUT2D eigenvalue weighted by molar-refractivity contribution is 7.16. The zero-order valence-electron chi connectivity index (χ0n) is 21.4. The van der Waals surface area contributed by atoms with Gasteiger partial charge in [-0.3, -0.25) is 14.4 Å². The highest BCUT2D eigenvalue weighted by atomic mass is 32.1. The lowest BCUT2D eigenvalue weighted by Crippen LogP contribution is -2.47. The number of carbonyl (C=O) groups is 3. The number of nitriles is 1. The van der Waals surface area contributed by atoms with Gasteiger partial charge in [-0.05, 0) is 32.1 Å². The number of thiazole rings is 1. The number of likely N-dealkylation sites (tertiary alicyclic amines) is 2. The molecule has 39 heavy (non-hydrogen) atoms. The summed E-state index contributed by atoms with van der Waals surface area (Å²) in [5.74, 6) is 0.855. The summed E-state index contributed by atoms with van der Waals surface area (Å²) in [6.45, 7) is 2.11. The lowest BCUT2D eigenvalue weighted by molar-refractivity contribution is -0.129. The summed E-state index contributed by atoms with van der Waals surface area (Å²) in [5, 5.41) is 21.7. The van der Waals surface area contributed by atoms with Crippen molar-refractivity contribution in [2.45, 2.75) is 50.6 Å². The lowest BCUT2D eigenvalue weighted by atomic mass is 10.0. The van der Waals surface area contributed by atoms with Crippen LogP contribution in [0.5, 0.6) is 0 Å². The molecule has 3 aliphatic rings. The molecular weight excluding hydrogens is 518 g/mol. The standard InChI is InChI=1S/C26H29N9O3S/c27-7-3-22(36)34-10-6-18(15-34)29-21-13-20(31-23(32-21)19-14-28-35-11-12-39-26(19)35)25(38)33-8-4-17(5-9-33)30-24(37)16-1-2-16/h11-14,16-18H,1-6,8-10,15H2,(H,30,37)(H,29,31,32)/t18-/m0/s1. The summed E-state index contributed by atoms with van der Waals surface area (Å²) in [6.07, 6.45) is 7.49. The zero-order chi connectivity index (χ0) is 26.9. The van der Waals surface area contributed by atoms with Gasteiger partial charge in [0.25, 0.3) is 5.91 Å². The van der Waals surface area contributed by atoms with E-state index >= 15 is 0 Å². The third kappa shape index (κ3) is 5.42. The molecular formula is C26H29N9O3S. The largest absolute Gasteiger partial charge is 0.365 e. The van der Waals surface area contributed by atoms with Crippen LogP contribution in [0.1, 0.15) is 49.0 Å². The van der Waals surface area contributed by atoms with Crippen LogP contribution in [0.3, 0.4) is 0 Å². The van der Waals surface area contributed by atoms with Gasteiger partial charge in [0, 0.05) is 61.8 Å². The second kappa shape index (κ2) is 10.6. The summed E-state index contributed by atoms with van der Waals surface area (Å²) in [6, 6.07) is 3.62. The third-order valence-electron chi connectivity index (χ3n) is 7.52. The van der Waals surface area contributed by atoms with E-state index in [0.29, 0.717) is 57.1 Å². The van der Waals surface area contributed by atoms with E-state index in [0.717, 1.165) is 23.2 Å². The molecule has 6 rings (SSSR count). The van der Waals surface area contributed by atoms with Crippen molar-refractivity contribution in [3.63, 3.8) is 0 Å². The molecule has 2 N–H and O–H groups in total.